The Morgan fingerprint density at radius 2 is 2.27 bits per heavy atom. The fourth-order valence-corrected chi connectivity index (χ4v) is 1.60. The van der Waals surface area contributed by atoms with E-state index in [9.17, 15) is 5.11 Å². The van der Waals surface area contributed by atoms with E-state index in [0.717, 1.165) is 37.8 Å². The van der Waals surface area contributed by atoms with E-state index in [4.69, 9.17) is 4.84 Å². The van der Waals surface area contributed by atoms with Crippen LogP contribution in [0.15, 0.2) is 23.9 Å². The fraction of sp³-hybridized carbons (Fsp3) is 0.667. The van der Waals surface area contributed by atoms with Crippen molar-refractivity contribution in [3.8, 4) is 0 Å². The van der Waals surface area contributed by atoms with Crippen LogP contribution in [0.25, 0.3) is 0 Å². The van der Waals surface area contributed by atoms with Crippen molar-refractivity contribution in [2.45, 2.75) is 44.6 Å². The third-order valence-corrected chi connectivity index (χ3v) is 2.75. The van der Waals surface area contributed by atoms with Gasteiger partial charge in [-0.2, -0.15) is 0 Å². The Morgan fingerprint density at radius 3 is 2.73 bits per heavy atom. The molecule has 86 valence electrons. The van der Waals surface area contributed by atoms with E-state index in [-0.39, 0.29) is 0 Å². The van der Waals surface area contributed by atoms with Gasteiger partial charge in [0.2, 0.25) is 0 Å². The van der Waals surface area contributed by atoms with Crippen LogP contribution in [0.4, 0.5) is 0 Å². The summed E-state index contributed by atoms with van der Waals surface area (Å²) < 4.78 is 0. The number of unbranched alkanes of at least 4 members (excludes halogenated alkanes) is 1. The smallest absolute Gasteiger partial charge is 0.106 e. The van der Waals surface area contributed by atoms with E-state index in [1.165, 1.54) is 0 Å². The Labute approximate surface area is 91.8 Å². The molecule has 1 fully saturated rings. The second kappa shape index (κ2) is 5.93. The number of hydrogen-bond acceptors (Lipinski definition) is 3. The molecule has 0 spiro atoms. The quantitative estimate of drug-likeness (QED) is 0.523. The van der Waals surface area contributed by atoms with Crippen molar-refractivity contribution in [2.75, 3.05) is 7.11 Å². The highest BCUT2D eigenvalue weighted by Crippen LogP contribution is 2.36. The lowest BCUT2D eigenvalue weighted by molar-refractivity contribution is -0.0291. The van der Waals surface area contributed by atoms with Crippen LogP contribution in [-0.4, -0.2) is 17.8 Å². The molecule has 0 saturated heterocycles. The summed E-state index contributed by atoms with van der Waals surface area (Å²) in [6.45, 7) is 2.14. The van der Waals surface area contributed by atoms with E-state index in [2.05, 4.69) is 18.5 Å². The summed E-state index contributed by atoms with van der Waals surface area (Å²) in [7, 11) is 1.56. The van der Waals surface area contributed by atoms with Crippen molar-refractivity contribution in [1.29, 1.82) is 0 Å². The first-order chi connectivity index (χ1) is 7.23. The van der Waals surface area contributed by atoms with Crippen LogP contribution >= 0.6 is 0 Å². The van der Waals surface area contributed by atoms with Crippen molar-refractivity contribution in [2.24, 2.45) is 0 Å². The average Bonchev–Trinajstić information content (AvgIpc) is 2.19. The first-order valence-electron chi connectivity index (χ1n) is 5.61. The van der Waals surface area contributed by atoms with Crippen LogP contribution in [0, 0.1) is 0 Å². The lowest BCUT2D eigenvalue weighted by Crippen LogP contribution is -2.43. The minimum absolute atomic E-state index is 0.688. The van der Waals surface area contributed by atoms with Crippen molar-refractivity contribution >= 4 is 0 Å². The van der Waals surface area contributed by atoms with Gasteiger partial charge in [0.05, 0.1) is 12.8 Å². The van der Waals surface area contributed by atoms with Crippen molar-refractivity contribution in [3.05, 3.63) is 23.9 Å². The Kier molecular flexibility index (Phi) is 4.85. The highest BCUT2D eigenvalue weighted by atomic mass is 16.6. The molecule has 2 N–H and O–H groups in total. The molecule has 0 bridgehead atoms. The zero-order valence-corrected chi connectivity index (χ0v) is 9.62. The maximum absolute atomic E-state index is 10.1. The number of hydroxylamine groups is 1. The molecule has 0 amide bonds. The van der Waals surface area contributed by atoms with Crippen molar-refractivity contribution < 1.29 is 9.94 Å². The number of allylic oxidation sites excluding steroid dienone is 3. The summed E-state index contributed by atoms with van der Waals surface area (Å²) in [4.78, 5) is 4.87. The zero-order chi connectivity index (χ0) is 11.1. The van der Waals surface area contributed by atoms with Gasteiger partial charge in [0.15, 0.2) is 0 Å². The molecule has 1 rings (SSSR count). The fourth-order valence-electron chi connectivity index (χ4n) is 1.60. The number of nitrogens with one attached hydrogen (secondary N) is 1. The monoisotopic (exact) mass is 211 g/mol. The summed E-state index contributed by atoms with van der Waals surface area (Å²) in [5.74, 6) is 0. The van der Waals surface area contributed by atoms with Gasteiger partial charge in [-0.1, -0.05) is 25.5 Å². The molecule has 1 saturated carbocycles. The lowest BCUT2D eigenvalue weighted by atomic mass is 9.77. The zero-order valence-electron chi connectivity index (χ0n) is 9.62. The standard InChI is InChI=1S/C12H21NO2/c1-3-4-5-6-8-11(13-15-2)12(14)9-7-10-12/h5-6,8,13-14H,3-4,7,9-10H2,1-2H3/b6-5-,11-8-. The van der Waals surface area contributed by atoms with Gasteiger partial charge in [-0.25, -0.2) is 0 Å². The van der Waals surface area contributed by atoms with Gasteiger partial charge in [-0.15, -0.1) is 0 Å². The van der Waals surface area contributed by atoms with Crippen LogP contribution in [-0.2, 0) is 4.84 Å². The first kappa shape index (κ1) is 12.3. The third-order valence-electron chi connectivity index (χ3n) is 2.75. The summed E-state index contributed by atoms with van der Waals surface area (Å²) in [6, 6.07) is 0. The Bertz CT molecular complexity index is 242. The summed E-state index contributed by atoms with van der Waals surface area (Å²) in [5.41, 5.74) is 2.84. The van der Waals surface area contributed by atoms with Gasteiger partial charge in [0, 0.05) is 0 Å². The first-order valence-corrected chi connectivity index (χ1v) is 5.61. The van der Waals surface area contributed by atoms with Gasteiger partial charge < -0.3 is 5.11 Å². The van der Waals surface area contributed by atoms with E-state index in [1.54, 1.807) is 7.11 Å². The molecule has 0 radical (unpaired) electrons. The average molecular weight is 211 g/mol. The van der Waals surface area contributed by atoms with Gasteiger partial charge in [-0.05, 0) is 31.8 Å². The second-order valence-electron chi connectivity index (χ2n) is 3.99. The van der Waals surface area contributed by atoms with Gasteiger partial charge >= 0.3 is 0 Å². The highest BCUT2D eigenvalue weighted by Gasteiger charge is 2.38. The maximum Gasteiger partial charge on any atom is 0.106 e. The largest absolute Gasteiger partial charge is 0.384 e. The highest BCUT2D eigenvalue weighted by molar-refractivity contribution is 5.22. The molecule has 0 aromatic carbocycles. The summed E-state index contributed by atoms with van der Waals surface area (Å²) in [5, 5.41) is 10.1. The second-order valence-corrected chi connectivity index (χ2v) is 3.99. The predicted octanol–water partition coefficient (Wildman–Crippen LogP) is 2.29. The molecule has 3 heteroatoms. The maximum atomic E-state index is 10.1. The van der Waals surface area contributed by atoms with Gasteiger partial charge in [-0.3, -0.25) is 10.3 Å². The molecule has 0 aromatic heterocycles. The van der Waals surface area contributed by atoms with Crippen molar-refractivity contribution in [3.63, 3.8) is 0 Å². The normalized spacial score (nSPS) is 20.3. The minimum Gasteiger partial charge on any atom is -0.384 e. The van der Waals surface area contributed by atoms with Crippen LogP contribution in [0.5, 0.6) is 0 Å². The summed E-state index contributed by atoms with van der Waals surface area (Å²) >= 11 is 0. The van der Waals surface area contributed by atoms with E-state index >= 15 is 0 Å². The van der Waals surface area contributed by atoms with Gasteiger partial charge in [0.1, 0.15) is 5.60 Å². The number of hydrogen-bond donors (Lipinski definition) is 2. The molecule has 0 atom stereocenters. The molecule has 3 nitrogen and oxygen atoms in total. The van der Waals surface area contributed by atoms with Crippen LogP contribution in [0.2, 0.25) is 0 Å². The Morgan fingerprint density at radius 1 is 1.53 bits per heavy atom. The minimum atomic E-state index is -0.688. The van der Waals surface area contributed by atoms with Crippen LogP contribution in [0.3, 0.4) is 0 Å². The molecule has 0 aliphatic heterocycles. The van der Waals surface area contributed by atoms with Crippen LogP contribution < -0.4 is 5.48 Å². The molecule has 1 aliphatic carbocycles. The molecule has 0 aromatic rings. The molecule has 1 aliphatic rings. The summed E-state index contributed by atoms with van der Waals surface area (Å²) in [6.07, 6.45) is 10.9. The van der Waals surface area contributed by atoms with Crippen LogP contribution in [0.1, 0.15) is 39.0 Å². The molecule has 15 heavy (non-hydrogen) atoms. The molecule has 0 heterocycles. The van der Waals surface area contributed by atoms with E-state index in [1.807, 2.05) is 12.2 Å². The van der Waals surface area contributed by atoms with E-state index in [0.29, 0.717) is 0 Å². The Hall–Kier alpha value is -0.800. The molecular formula is C12H21NO2. The number of rotatable bonds is 6. The SMILES string of the molecule is CCC/C=C\C=C(/NOC)C1(O)CCC1. The molecular weight excluding hydrogens is 190 g/mol. The Balaban J connectivity index is 2.56. The third kappa shape index (κ3) is 3.36. The lowest BCUT2D eigenvalue weighted by Gasteiger charge is -2.38. The number of aliphatic hydroxyl groups is 1. The van der Waals surface area contributed by atoms with Gasteiger partial charge in [0.25, 0.3) is 0 Å². The van der Waals surface area contributed by atoms with Crippen molar-refractivity contribution in [1.82, 2.24) is 5.48 Å². The topological polar surface area (TPSA) is 41.5 Å². The van der Waals surface area contributed by atoms with E-state index < -0.39 is 5.60 Å². The molecule has 0 unspecified atom stereocenters. The predicted molar refractivity (Wildman–Crippen MR) is 61.1 cm³/mol.